The Morgan fingerprint density at radius 2 is 2.08 bits per heavy atom. The first-order valence-corrected chi connectivity index (χ1v) is 8.69. The normalized spacial score (nSPS) is 11.7. The third kappa shape index (κ3) is 3.65. The van der Waals surface area contributed by atoms with Crippen LogP contribution in [0, 0.1) is 12.7 Å². The van der Waals surface area contributed by atoms with Gasteiger partial charge in [-0.05, 0) is 49.2 Å². The molecule has 6 heteroatoms. The van der Waals surface area contributed by atoms with Crippen molar-refractivity contribution in [1.29, 1.82) is 0 Å². The van der Waals surface area contributed by atoms with Crippen LogP contribution in [0.1, 0.15) is 18.1 Å². The lowest BCUT2D eigenvalue weighted by molar-refractivity contribution is -0.111. The summed E-state index contributed by atoms with van der Waals surface area (Å²) in [6.07, 6.45) is 3.09. The standard InChI is InChI=1S/C20H17BrFNO3/c1-11(6-20(24)23-17-5-4-13(21)7-16(17)22)14-8-15-12(2)10-26-19(15)9-18(14)25-3/h4-10H,1-3H3,(H,23,24)/b11-6+. The summed E-state index contributed by atoms with van der Waals surface area (Å²) in [4.78, 5) is 12.3. The number of amides is 1. The molecule has 0 bridgehead atoms. The van der Waals surface area contributed by atoms with Gasteiger partial charge in [0.2, 0.25) is 5.91 Å². The monoisotopic (exact) mass is 417 g/mol. The second-order valence-corrected chi connectivity index (χ2v) is 6.82. The Morgan fingerprint density at radius 3 is 2.77 bits per heavy atom. The minimum atomic E-state index is -0.508. The van der Waals surface area contributed by atoms with E-state index in [1.54, 1.807) is 32.4 Å². The van der Waals surface area contributed by atoms with Gasteiger partial charge in [0.1, 0.15) is 17.1 Å². The number of carbonyl (C=O) groups is 1. The number of hydrogen-bond acceptors (Lipinski definition) is 3. The third-order valence-electron chi connectivity index (χ3n) is 4.05. The van der Waals surface area contributed by atoms with Crippen LogP contribution < -0.4 is 10.1 Å². The highest BCUT2D eigenvalue weighted by molar-refractivity contribution is 9.10. The van der Waals surface area contributed by atoms with Gasteiger partial charge >= 0.3 is 0 Å². The van der Waals surface area contributed by atoms with Crippen LogP contribution in [0.25, 0.3) is 16.5 Å². The van der Waals surface area contributed by atoms with Crippen LogP contribution in [0.5, 0.6) is 5.75 Å². The molecule has 1 amide bonds. The highest BCUT2D eigenvalue weighted by atomic mass is 79.9. The second-order valence-electron chi connectivity index (χ2n) is 5.91. The molecule has 0 saturated heterocycles. The van der Waals surface area contributed by atoms with Gasteiger partial charge < -0.3 is 14.5 Å². The predicted octanol–water partition coefficient (Wildman–Crippen LogP) is 5.69. The Kier molecular flexibility index (Phi) is 5.13. The third-order valence-corrected chi connectivity index (χ3v) is 4.54. The molecule has 0 aliphatic rings. The fourth-order valence-electron chi connectivity index (χ4n) is 2.69. The number of methoxy groups -OCH3 is 1. The highest BCUT2D eigenvalue weighted by Crippen LogP contribution is 2.33. The van der Waals surface area contributed by atoms with E-state index in [0.717, 1.165) is 22.1 Å². The maximum Gasteiger partial charge on any atom is 0.248 e. The molecule has 2 aromatic carbocycles. The van der Waals surface area contributed by atoms with E-state index in [-0.39, 0.29) is 5.69 Å². The number of nitrogens with one attached hydrogen (secondary N) is 1. The van der Waals surface area contributed by atoms with Crippen molar-refractivity contribution in [3.05, 3.63) is 64.1 Å². The van der Waals surface area contributed by atoms with Crippen molar-refractivity contribution in [2.45, 2.75) is 13.8 Å². The summed E-state index contributed by atoms with van der Waals surface area (Å²) >= 11 is 3.19. The van der Waals surface area contributed by atoms with Gasteiger partial charge in [-0.25, -0.2) is 4.39 Å². The lowest BCUT2D eigenvalue weighted by atomic mass is 10.0. The van der Waals surface area contributed by atoms with E-state index in [9.17, 15) is 9.18 Å². The molecule has 3 aromatic rings. The summed E-state index contributed by atoms with van der Waals surface area (Å²) in [6, 6.07) is 8.17. The SMILES string of the molecule is COc1cc2occ(C)c2cc1/C(C)=C/C(=O)Nc1ccc(Br)cc1F. The van der Waals surface area contributed by atoms with Crippen molar-refractivity contribution in [1.82, 2.24) is 0 Å². The summed E-state index contributed by atoms with van der Waals surface area (Å²) in [5.41, 5.74) is 3.31. The maximum atomic E-state index is 13.9. The molecule has 0 aliphatic heterocycles. The van der Waals surface area contributed by atoms with Crippen molar-refractivity contribution >= 4 is 44.1 Å². The lowest BCUT2D eigenvalue weighted by Crippen LogP contribution is -2.10. The zero-order valence-electron chi connectivity index (χ0n) is 14.5. The molecule has 4 nitrogen and oxygen atoms in total. The largest absolute Gasteiger partial charge is 0.496 e. The van der Waals surface area contributed by atoms with E-state index in [1.165, 1.54) is 18.2 Å². The molecule has 134 valence electrons. The average Bonchev–Trinajstić information content (AvgIpc) is 2.96. The molecular weight excluding hydrogens is 401 g/mol. The molecule has 0 unspecified atom stereocenters. The van der Waals surface area contributed by atoms with Crippen LogP contribution in [0.15, 0.2) is 51.6 Å². The van der Waals surface area contributed by atoms with E-state index < -0.39 is 11.7 Å². The first-order chi connectivity index (χ1) is 12.4. The van der Waals surface area contributed by atoms with Crippen LogP contribution in [-0.4, -0.2) is 13.0 Å². The topological polar surface area (TPSA) is 51.5 Å². The first kappa shape index (κ1) is 18.2. The summed E-state index contributed by atoms with van der Waals surface area (Å²) in [5, 5.41) is 3.50. The van der Waals surface area contributed by atoms with Gasteiger partial charge in [0.25, 0.3) is 0 Å². The molecule has 0 atom stereocenters. The molecule has 0 aliphatic carbocycles. The minimum Gasteiger partial charge on any atom is -0.496 e. The van der Waals surface area contributed by atoms with Gasteiger partial charge in [0.15, 0.2) is 0 Å². The summed E-state index contributed by atoms with van der Waals surface area (Å²) in [7, 11) is 1.56. The van der Waals surface area contributed by atoms with E-state index in [2.05, 4.69) is 21.2 Å². The molecule has 26 heavy (non-hydrogen) atoms. The second kappa shape index (κ2) is 7.33. The highest BCUT2D eigenvalue weighted by Gasteiger charge is 2.13. The summed E-state index contributed by atoms with van der Waals surface area (Å²) in [6.45, 7) is 3.75. The zero-order valence-corrected chi connectivity index (χ0v) is 16.1. The van der Waals surface area contributed by atoms with Crippen LogP contribution in [-0.2, 0) is 4.79 Å². The lowest BCUT2D eigenvalue weighted by Gasteiger charge is -2.10. The quantitative estimate of drug-likeness (QED) is 0.554. The van der Waals surface area contributed by atoms with E-state index in [0.29, 0.717) is 15.8 Å². The number of anilines is 1. The van der Waals surface area contributed by atoms with Crippen molar-refractivity contribution in [3.63, 3.8) is 0 Å². The fraction of sp³-hybridized carbons (Fsp3) is 0.150. The summed E-state index contributed by atoms with van der Waals surface area (Å²) < 4.78 is 25.4. The van der Waals surface area contributed by atoms with Gasteiger partial charge in [0, 0.05) is 27.6 Å². The molecule has 0 saturated carbocycles. The van der Waals surface area contributed by atoms with Gasteiger partial charge in [-0.15, -0.1) is 0 Å². The van der Waals surface area contributed by atoms with Crippen LogP contribution in [0.3, 0.4) is 0 Å². The number of benzene rings is 2. The minimum absolute atomic E-state index is 0.121. The predicted molar refractivity (Wildman–Crippen MR) is 104 cm³/mol. The molecule has 0 fully saturated rings. The fourth-order valence-corrected chi connectivity index (χ4v) is 3.03. The molecule has 3 rings (SSSR count). The van der Waals surface area contributed by atoms with Gasteiger partial charge in [-0.2, -0.15) is 0 Å². The van der Waals surface area contributed by atoms with Crippen LogP contribution in [0.2, 0.25) is 0 Å². The van der Waals surface area contributed by atoms with E-state index in [4.69, 9.17) is 9.15 Å². The Bertz CT molecular complexity index is 1020. The number of allylic oxidation sites excluding steroid dienone is 1. The average molecular weight is 418 g/mol. The van der Waals surface area contributed by atoms with Gasteiger partial charge in [-0.3, -0.25) is 4.79 Å². The molecule has 1 N–H and O–H groups in total. The Labute approximate surface area is 158 Å². The van der Waals surface area contributed by atoms with Crippen molar-refractivity contribution in [2.24, 2.45) is 0 Å². The Balaban J connectivity index is 1.92. The van der Waals surface area contributed by atoms with Gasteiger partial charge in [-0.1, -0.05) is 15.9 Å². The zero-order chi connectivity index (χ0) is 18.8. The van der Waals surface area contributed by atoms with Crippen LogP contribution in [0.4, 0.5) is 10.1 Å². The number of fused-ring (bicyclic) bond motifs is 1. The maximum absolute atomic E-state index is 13.9. The van der Waals surface area contributed by atoms with Crippen molar-refractivity contribution in [3.8, 4) is 5.75 Å². The number of carbonyl (C=O) groups excluding carboxylic acids is 1. The number of aryl methyl sites for hydroxylation is 1. The molecular formula is C20H17BrFNO3. The number of halogens is 2. The smallest absolute Gasteiger partial charge is 0.248 e. The summed E-state index contributed by atoms with van der Waals surface area (Å²) in [5.74, 6) is -0.329. The van der Waals surface area contributed by atoms with Crippen LogP contribution >= 0.6 is 15.9 Å². The molecule has 1 heterocycles. The number of furan rings is 1. The molecule has 1 aromatic heterocycles. The van der Waals surface area contributed by atoms with E-state index in [1.807, 2.05) is 13.0 Å². The Morgan fingerprint density at radius 1 is 1.31 bits per heavy atom. The molecule has 0 spiro atoms. The number of hydrogen-bond donors (Lipinski definition) is 1. The molecule has 0 radical (unpaired) electrons. The van der Waals surface area contributed by atoms with Gasteiger partial charge in [0.05, 0.1) is 19.1 Å². The first-order valence-electron chi connectivity index (χ1n) is 7.89. The van der Waals surface area contributed by atoms with Crippen molar-refractivity contribution in [2.75, 3.05) is 12.4 Å². The Hall–Kier alpha value is -2.60. The van der Waals surface area contributed by atoms with E-state index >= 15 is 0 Å². The van der Waals surface area contributed by atoms with Crippen molar-refractivity contribution < 1.29 is 18.3 Å². The number of rotatable bonds is 4. The number of ether oxygens (including phenoxy) is 1.